The van der Waals surface area contributed by atoms with Gasteiger partial charge in [0, 0.05) is 35.8 Å². The lowest BCUT2D eigenvalue weighted by molar-refractivity contribution is -0.441. The van der Waals surface area contributed by atoms with E-state index in [1.165, 1.54) is 41.6 Å². The molecule has 3 aliphatic rings. The summed E-state index contributed by atoms with van der Waals surface area (Å²) in [6, 6.07) is 9.54. The van der Waals surface area contributed by atoms with Crippen LogP contribution in [0.3, 0.4) is 0 Å². The van der Waals surface area contributed by atoms with Crippen molar-refractivity contribution >= 4 is 23.2 Å². The van der Waals surface area contributed by atoms with Crippen molar-refractivity contribution in [2.75, 3.05) is 20.3 Å². The van der Waals surface area contributed by atoms with Crippen LogP contribution in [0.25, 0.3) is 11.4 Å². The maximum Gasteiger partial charge on any atom is 0.216 e. The van der Waals surface area contributed by atoms with Gasteiger partial charge in [0.05, 0.1) is 30.6 Å². The molecule has 3 aliphatic heterocycles. The van der Waals surface area contributed by atoms with Crippen molar-refractivity contribution in [3.05, 3.63) is 83.7 Å². The molecule has 2 aromatic carbocycles. The molecule has 9 atom stereocenters. The molecule has 0 saturated carbocycles. The molecule has 3 heterocycles. The lowest BCUT2D eigenvalue weighted by atomic mass is 9.87. The van der Waals surface area contributed by atoms with Gasteiger partial charge < -0.3 is 46.1 Å². The molecule has 45 heavy (non-hydrogen) atoms. The van der Waals surface area contributed by atoms with Crippen LogP contribution in [-0.4, -0.2) is 119 Å². The third-order valence-electron chi connectivity index (χ3n) is 8.30. The van der Waals surface area contributed by atoms with Crippen LogP contribution in [0.2, 0.25) is 0 Å². The Morgan fingerprint density at radius 1 is 1.16 bits per heavy atom. The Bertz CT molecular complexity index is 1430. The summed E-state index contributed by atoms with van der Waals surface area (Å²) in [5, 5.41) is 71.2. The Hall–Kier alpha value is -3.03. The van der Waals surface area contributed by atoms with E-state index in [1.807, 2.05) is 0 Å². The zero-order chi connectivity index (χ0) is 32.6. The van der Waals surface area contributed by atoms with Crippen molar-refractivity contribution in [2.45, 2.75) is 59.8 Å². The topological polar surface area (TPSA) is 190 Å². The van der Waals surface area contributed by atoms with Crippen molar-refractivity contribution in [2.24, 2.45) is 5.84 Å². The summed E-state index contributed by atoms with van der Waals surface area (Å²) >= 11 is 1.05. The van der Waals surface area contributed by atoms with Crippen molar-refractivity contribution in [3.63, 3.8) is 0 Å². The number of thioether (sulfide) groups is 1. The van der Waals surface area contributed by atoms with Gasteiger partial charge in [-0.15, -0.1) is 11.8 Å². The monoisotopic (exact) mass is 652 g/mol. The summed E-state index contributed by atoms with van der Waals surface area (Å²) in [6.07, 6.45) is -2.45. The van der Waals surface area contributed by atoms with Crippen LogP contribution in [0.15, 0.2) is 60.9 Å². The summed E-state index contributed by atoms with van der Waals surface area (Å²) in [5.41, 5.74) is 1.15. The number of nitrogens with zero attached hydrogens (tertiary/aromatic N) is 3. The van der Waals surface area contributed by atoms with Crippen LogP contribution in [0.4, 0.5) is 8.78 Å². The number of aliphatic hydroxyl groups excluding tert-OH is 5. The second kappa shape index (κ2) is 13.4. The number of ether oxygens (including phenoxy) is 1. The summed E-state index contributed by atoms with van der Waals surface area (Å²) in [6.45, 7) is 0.375. The largest absolute Gasteiger partial charge is 0.394 e. The maximum absolute atomic E-state index is 14.1. The Labute approximate surface area is 262 Å². The van der Waals surface area contributed by atoms with E-state index in [9.17, 15) is 39.4 Å². The van der Waals surface area contributed by atoms with Gasteiger partial charge in [0.15, 0.2) is 5.44 Å². The first kappa shape index (κ1) is 33.3. The van der Waals surface area contributed by atoms with Crippen molar-refractivity contribution in [1.82, 2.24) is 25.9 Å². The summed E-state index contributed by atoms with van der Waals surface area (Å²) < 4.78 is 34.0. The van der Waals surface area contributed by atoms with E-state index < -0.39 is 77.8 Å². The molecule has 0 bridgehead atoms. The molecule has 2 aromatic rings. The zero-order valence-corrected chi connectivity index (χ0v) is 25.3. The zero-order valence-electron chi connectivity index (χ0n) is 24.5. The quantitative estimate of drug-likeness (QED) is 0.101. The van der Waals surface area contributed by atoms with E-state index in [4.69, 9.17) is 10.6 Å². The molecule has 0 aliphatic carbocycles. The summed E-state index contributed by atoms with van der Waals surface area (Å²) in [7, 11) is 1.66. The molecule has 6 unspecified atom stereocenters. The average molecular weight is 653 g/mol. The molecule has 246 valence electrons. The number of hydrogen-bond acceptors (Lipinski definition) is 14. The fourth-order valence-corrected chi connectivity index (χ4v) is 7.40. The fourth-order valence-electron chi connectivity index (χ4n) is 5.96. The first-order chi connectivity index (χ1) is 21.5. The molecule has 16 heteroatoms. The van der Waals surface area contributed by atoms with Gasteiger partial charge in [-0.3, -0.25) is 15.9 Å². The lowest BCUT2D eigenvalue weighted by Crippen LogP contribution is -2.88. The van der Waals surface area contributed by atoms with Crippen molar-refractivity contribution in [1.29, 1.82) is 0 Å². The van der Waals surface area contributed by atoms with Gasteiger partial charge in [0.1, 0.15) is 42.1 Å². The lowest BCUT2D eigenvalue weighted by Gasteiger charge is -2.67. The van der Waals surface area contributed by atoms with E-state index in [0.29, 0.717) is 16.8 Å². The molecule has 10 N–H and O–H groups in total. The van der Waals surface area contributed by atoms with E-state index in [-0.39, 0.29) is 5.70 Å². The van der Waals surface area contributed by atoms with Crippen LogP contribution in [-0.2, 0) is 4.74 Å². The smallest absolute Gasteiger partial charge is 0.216 e. The highest BCUT2D eigenvalue weighted by Gasteiger charge is 2.73. The van der Waals surface area contributed by atoms with Crippen molar-refractivity contribution in [3.8, 4) is 0 Å². The van der Waals surface area contributed by atoms with Gasteiger partial charge in [0.2, 0.25) is 5.72 Å². The Kier molecular flexibility index (Phi) is 9.90. The van der Waals surface area contributed by atoms with Gasteiger partial charge in [-0.05, 0) is 24.3 Å². The molecule has 0 amide bonds. The maximum atomic E-state index is 14.1. The Morgan fingerprint density at radius 3 is 2.47 bits per heavy atom. The second-order valence-corrected chi connectivity index (χ2v) is 12.6. The molecule has 13 nitrogen and oxygen atoms in total. The SMILES string of the molecule is CC(SC1O[C@H](CO)C(O)C2N3C=C(c4cccc(F)c4)N(C)N3[C@]12O)C(N/C=C(\NN)c1cccc(F)c1)[C@@H](O)C(O)CO. The molecule has 0 aromatic heterocycles. The van der Waals surface area contributed by atoms with Crippen LogP contribution < -0.4 is 16.6 Å². The van der Waals surface area contributed by atoms with Gasteiger partial charge in [-0.2, -0.15) is 0 Å². The molecular weight excluding hydrogens is 614 g/mol. The summed E-state index contributed by atoms with van der Waals surface area (Å²) in [4.78, 5) is 0. The predicted molar refractivity (Wildman–Crippen MR) is 161 cm³/mol. The Morgan fingerprint density at radius 2 is 1.84 bits per heavy atom. The second-order valence-electron chi connectivity index (χ2n) is 11.1. The number of hydrazine groups is 3. The minimum atomic E-state index is -1.88. The van der Waals surface area contributed by atoms with Crippen LogP contribution in [0.5, 0.6) is 0 Å². The number of nitrogens with two attached hydrogens (primary N) is 1. The third kappa shape index (κ3) is 5.98. The predicted octanol–water partition coefficient (Wildman–Crippen LogP) is -0.953. The number of benzene rings is 2. The van der Waals surface area contributed by atoms with Crippen LogP contribution in [0.1, 0.15) is 18.1 Å². The number of aliphatic hydroxyl groups is 6. The minimum absolute atomic E-state index is 0.253. The van der Waals surface area contributed by atoms with Crippen molar-refractivity contribution < 1.29 is 44.2 Å². The average Bonchev–Trinajstić information content (AvgIpc) is 3.32. The van der Waals surface area contributed by atoms with Gasteiger partial charge in [-0.25, -0.2) is 8.78 Å². The highest BCUT2D eigenvalue weighted by atomic mass is 32.2. The molecule has 2 saturated heterocycles. The van der Waals surface area contributed by atoms with Gasteiger partial charge in [-0.1, -0.05) is 36.3 Å². The Balaban J connectivity index is 1.43. The van der Waals surface area contributed by atoms with E-state index in [1.54, 1.807) is 48.4 Å². The van der Waals surface area contributed by atoms with Crippen LogP contribution in [0, 0.1) is 11.6 Å². The standard InChI is InChI=1S/C29H38F2N6O7S/c1-15(24(25(41)22(40)13-38)33-11-20(34-32)16-5-3-7-18(30)9-16)45-28-29(43)27(26(42)23(14-39)44-28)36-12-21(35(2)37(29)36)17-6-4-8-19(31)10-17/h3-12,15,22-28,33-34,38-43H,13-14,32H2,1-2H3/b20-11-/t15?,22?,23-,24?,25+,26?,27?,28?,29-/m1/s1. The van der Waals surface area contributed by atoms with E-state index >= 15 is 0 Å². The highest BCUT2D eigenvalue weighted by molar-refractivity contribution is 8.00. The highest BCUT2D eigenvalue weighted by Crippen LogP contribution is 2.54. The fraction of sp³-hybridized carbons (Fsp3) is 0.448. The number of hydrogen-bond donors (Lipinski definition) is 9. The molecule has 0 radical (unpaired) electrons. The number of rotatable bonds is 12. The number of nitrogens with one attached hydrogen (secondary N) is 2. The summed E-state index contributed by atoms with van der Waals surface area (Å²) in [5.74, 6) is 4.73. The molecule has 2 fully saturated rings. The van der Waals surface area contributed by atoms with Crippen LogP contribution >= 0.6 is 11.8 Å². The van der Waals surface area contributed by atoms with E-state index in [0.717, 1.165) is 11.8 Å². The van der Waals surface area contributed by atoms with Gasteiger partial charge in [0.25, 0.3) is 0 Å². The molecular formula is C29H38F2N6O7S. The first-order valence-corrected chi connectivity index (χ1v) is 15.2. The number of halogens is 2. The molecule has 0 spiro atoms. The molecule has 5 rings (SSSR count). The first-order valence-electron chi connectivity index (χ1n) is 14.2. The minimum Gasteiger partial charge on any atom is -0.394 e. The normalized spacial score (nSPS) is 29.2. The number of fused-ring (bicyclic) bond motifs is 4. The van der Waals surface area contributed by atoms with E-state index in [2.05, 4.69) is 10.7 Å². The third-order valence-corrected chi connectivity index (χ3v) is 9.73. The van der Waals surface area contributed by atoms with Gasteiger partial charge >= 0.3 is 0 Å².